The van der Waals surface area contributed by atoms with Gasteiger partial charge in [0.05, 0.1) is 17.3 Å². The number of piperidine rings is 1. The summed E-state index contributed by atoms with van der Waals surface area (Å²) in [7, 11) is 1.87. The number of aliphatic carboxylic acids is 1. The Hall–Kier alpha value is -2.44. The maximum absolute atomic E-state index is 11.0. The van der Waals surface area contributed by atoms with Crippen molar-refractivity contribution in [1.82, 2.24) is 19.7 Å². The van der Waals surface area contributed by atoms with Crippen LogP contribution in [0.5, 0.6) is 0 Å². The van der Waals surface area contributed by atoms with Gasteiger partial charge in [-0.15, -0.1) is 0 Å². The molecule has 1 aliphatic heterocycles. The summed E-state index contributed by atoms with van der Waals surface area (Å²) in [6.45, 7) is 1.34. The molecule has 1 N–H and O–H groups in total. The van der Waals surface area contributed by atoms with E-state index in [-0.39, 0.29) is 5.92 Å². The van der Waals surface area contributed by atoms with Crippen LogP contribution in [-0.2, 0) is 11.8 Å². The van der Waals surface area contributed by atoms with Crippen molar-refractivity contribution < 1.29 is 9.90 Å². The fraction of sp³-hybridized carbons (Fsp3) is 0.429. The molecule has 3 heterocycles. The van der Waals surface area contributed by atoms with Crippen LogP contribution in [0.4, 0.5) is 5.95 Å². The summed E-state index contributed by atoms with van der Waals surface area (Å²) in [5.74, 6) is -0.307. The van der Waals surface area contributed by atoms with E-state index in [4.69, 9.17) is 5.11 Å². The monoisotopic (exact) mass is 287 g/mol. The molecule has 0 atom stereocenters. The number of hydrogen-bond acceptors (Lipinski definition) is 5. The van der Waals surface area contributed by atoms with E-state index in [2.05, 4.69) is 15.1 Å². The van der Waals surface area contributed by atoms with Gasteiger partial charge in [0.25, 0.3) is 0 Å². The standard InChI is InChI=1S/C14H17N5O2/c1-18-12(3-7-16-18)11-2-6-15-14(17-11)19-8-4-10(5-9-19)13(20)21/h2-3,6-7,10H,4-5,8-9H2,1H3,(H,20,21). The first kappa shape index (κ1) is 13.5. The second-order valence-corrected chi connectivity index (χ2v) is 5.18. The van der Waals surface area contributed by atoms with E-state index in [1.54, 1.807) is 17.1 Å². The molecule has 0 unspecified atom stereocenters. The molecular weight excluding hydrogens is 270 g/mol. The third kappa shape index (κ3) is 2.72. The predicted molar refractivity (Wildman–Crippen MR) is 76.8 cm³/mol. The van der Waals surface area contributed by atoms with Gasteiger partial charge in [0.2, 0.25) is 5.95 Å². The molecule has 1 saturated heterocycles. The van der Waals surface area contributed by atoms with Crippen LogP contribution in [0.2, 0.25) is 0 Å². The number of rotatable bonds is 3. The molecule has 21 heavy (non-hydrogen) atoms. The minimum Gasteiger partial charge on any atom is -0.481 e. The van der Waals surface area contributed by atoms with Crippen LogP contribution in [0.1, 0.15) is 12.8 Å². The van der Waals surface area contributed by atoms with Crippen LogP contribution < -0.4 is 4.90 Å². The van der Waals surface area contributed by atoms with Crippen LogP contribution in [0.3, 0.4) is 0 Å². The highest BCUT2D eigenvalue weighted by atomic mass is 16.4. The largest absolute Gasteiger partial charge is 0.481 e. The van der Waals surface area contributed by atoms with Crippen molar-refractivity contribution in [3.05, 3.63) is 24.5 Å². The number of aryl methyl sites for hydroxylation is 1. The van der Waals surface area contributed by atoms with Gasteiger partial charge in [-0.05, 0) is 25.0 Å². The summed E-state index contributed by atoms with van der Waals surface area (Å²) in [5.41, 5.74) is 1.75. The molecule has 0 radical (unpaired) electrons. The lowest BCUT2D eigenvalue weighted by Crippen LogP contribution is -2.37. The number of aromatic nitrogens is 4. The van der Waals surface area contributed by atoms with Gasteiger partial charge in [-0.25, -0.2) is 9.97 Å². The molecule has 2 aromatic heterocycles. The molecule has 1 fully saturated rings. The fourth-order valence-corrected chi connectivity index (χ4v) is 2.60. The highest BCUT2D eigenvalue weighted by Gasteiger charge is 2.25. The van der Waals surface area contributed by atoms with E-state index in [0.717, 1.165) is 11.4 Å². The van der Waals surface area contributed by atoms with E-state index >= 15 is 0 Å². The van der Waals surface area contributed by atoms with Crippen LogP contribution >= 0.6 is 0 Å². The highest BCUT2D eigenvalue weighted by Crippen LogP contribution is 2.23. The van der Waals surface area contributed by atoms with Crippen molar-refractivity contribution in [3.8, 4) is 11.4 Å². The van der Waals surface area contributed by atoms with Gasteiger partial charge >= 0.3 is 5.97 Å². The zero-order chi connectivity index (χ0) is 14.8. The molecule has 0 amide bonds. The summed E-state index contributed by atoms with van der Waals surface area (Å²) in [6.07, 6.45) is 4.73. The molecule has 3 rings (SSSR count). The van der Waals surface area contributed by atoms with Gasteiger partial charge < -0.3 is 10.0 Å². The van der Waals surface area contributed by atoms with Crippen LogP contribution in [0.25, 0.3) is 11.4 Å². The quantitative estimate of drug-likeness (QED) is 0.912. The summed E-state index contributed by atoms with van der Waals surface area (Å²) < 4.78 is 1.77. The number of anilines is 1. The van der Waals surface area contributed by atoms with Gasteiger partial charge in [-0.3, -0.25) is 9.48 Å². The first-order valence-electron chi connectivity index (χ1n) is 6.94. The Morgan fingerprint density at radius 1 is 1.29 bits per heavy atom. The number of carboxylic acids is 1. The summed E-state index contributed by atoms with van der Waals surface area (Å²) in [5, 5.41) is 13.2. The number of carboxylic acid groups (broad SMARTS) is 1. The smallest absolute Gasteiger partial charge is 0.306 e. The lowest BCUT2D eigenvalue weighted by molar-refractivity contribution is -0.142. The van der Waals surface area contributed by atoms with Crippen molar-refractivity contribution in [1.29, 1.82) is 0 Å². The molecule has 0 saturated carbocycles. The van der Waals surface area contributed by atoms with Crippen LogP contribution in [0.15, 0.2) is 24.5 Å². The molecule has 1 aliphatic rings. The SMILES string of the molecule is Cn1nccc1-c1ccnc(N2CCC(C(=O)O)CC2)n1. The molecular formula is C14H17N5O2. The zero-order valence-corrected chi connectivity index (χ0v) is 11.8. The third-order valence-electron chi connectivity index (χ3n) is 3.85. The zero-order valence-electron chi connectivity index (χ0n) is 11.8. The molecule has 110 valence electrons. The lowest BCUT2D eigenvalue weighted by Gasteiger charge is -2.30. The second-order valence-electron chi connectivity index (χ2n) is 5.18. The van der Waals surface area contributed by atoms with Gasteiger partial charge in [-0.1, -0.05) is 0 Å². The maximum Gasteiger partial charge on any atom is 0.306 e. The number of hydrogen-bond donors (Lipinski definition) is 1. The average Bonchev–Trinajstić information content (AvgIpc) is 2.94. The Morgan fingerprint density at radius 2 is 2.05 bits per heavy atom. The highest BCUT2D eigenvalue weighted by molar-refractivity contribution is 5.70. The van der Waals surface area contributed by atoms with E-state index in [0.29, 0.717) is 31.9 Å². The normalized spacial score (nSPS) is 16.1. The van der Waals surface area contributed by atoms with E-state index in [9.17, 15) is 4.79 Å². The first-order chi connectivity index (χ1) is 10.1. The minimum absolute atomic E-state index is 0.249. The first-order valence-corrected chi connectivity index (χ1v) is 6.94. The molecule has 7 nitrogen and oxygen atoms in total. The van der Waals surface area contributed by atoms with Crippen LogP contribution in [0, 0.1) is 5.92 Å². The molecule has 0 aromatic carbocycles. The Morgan fingerprint density at radius 3 is 2.67 bits per heavy atom. The van der Waals surface area contributed by atoms with Crippen molar-refractivity contribution in [2.24, 2.45) is 13.0 Å². The van der Waals surface area contributed by atoms with Crippen LogP contribution in [-0.4, -0.2) is 43.9 Å². The summed E-state index contributed by atoms with van der Waals surface area (Å²) in [6, 6.07) is 3.76. The van der Waals surface area contributed by atoms with E-state index in [1.165, 1.54) is 0 Å². The van der Waals surface area contributed by atoms with Gasteiger partial charge in [0, 0.05) is 32.5 Å². The molecule has 2 aromatic rings. The van der Waals surface area contributed by atoms with Gasteiger partial charge in [0.15, 0.2) is 0 Å². The van der Waals surface area contributed by atoms with Gasteiger partial charge in [-0.2, -0.15) is 5.10 Å². The number of carbonyl (C=O) groups is 1. The van der Waals surface area contributed by atoms with Crippen molar-refractivity contribution >= 4 is 11.9 Å². The Bertz CT molecular complexity index is 646. The molecule has 0 aliphatic carbocycles. The Kier molecular flexibility index (Phi) is 3.55. The van der Waals surface area contributed by atoms with Crippen molar-refractivity contribution in [3.63, 3.8) is 0 Å². The minimum atomic E-state index is -0.709. The topological polar surface area (TPSA) is 84.1 Å². The molecule has 0 spiro atoms. The number of nitrogens with zero attached hydrogens (tertiary/aromatic N) is 5. The second kappa shape index (κ2) is 5.51. The van der Waals surface area contributed by atoms with Gasteiger partial charge in [0.1, 0.15) is 0 Å². The fourth-order valence-electron chi connectivity index (χ4n) is 2.60. The van der Waals surface area contributed by atoms with E-state index in [1.807, 2.05) is 24.1 Å². The Labute approximate surface area is 122 Å². The predicted octanol–water partition coefficient (Wildman–Crippen LogP) is 1.18. The van der Waals surface area contributed by atoms with Crippen molar-refractivity contribution in [2.45, 2.75) is 12.8 Å². The van der Waals surface area contributed by atoms with E-state index < -0.39 is 5.97 Å². The summed E-state index contributed by atoms with van der Waals surface area (Å²) in [4.78, 5) is 21.9. The Balaban J connectivity index is 1.78. The maximum atomic E-state index is 11.0. The lowest BCUT2D eigenvalue weighted by atomic mass is 9.97. The van der Waals surface area contributed by atoms with Crippen molar-refractivity contribution in [2.75, 3.05) is 18.0 Å². The average molecular weight is 287 g/mol. The molecule has 0 bridgehead atoms. The molecule has 7 heteroatoms. The summed E-state index contributed by atoms with van der Waals surface area (Å²) >= 11 is 0. The third-order valence-corrected chi connectivity index (χ3v) is 3.85.